The van der Waals surface area contributed by atoms with Crippen molar-refractivity contribution in [2.45, 2.75) is 0 Å². The zero-order valence-corrected chi connectivity index (χ0v) is 6.89. The summed E-state index contributed by atoms with van der Waals surface area (Å²) >= 11 is 4.88. The zero-order chi connectivity index (χ0) is 9.84. The molecule has 13 heavy (non-hydrogen) atoms. The molecule has 0 radical (unpaired) electrons. The molecule has 1 heterocycles. The van der Waals surface area contributed by atoms with Crippen molar-refractivity contribution in [3.63, 3.8) is 0 Å². The first-order valence-electron chi connectivity index (χ1n) is 3.07. The van der Waals surface area contributed by atoms with Crippen LogP contribution >= 0.6 is 11.6 Å². The Kier molecular flexibility index (Phi) is 2.76. The monoisotopic (exact) mass is 202 g/mol. The molecule has 7 heteroatoms. The minimum Gasteiger partial charge on any atom is -0.395 e. The van der Waals surface area contributed by atoms with Crippen LogP contribution in [0.2, 0.25) is 0 Å². The van der Waals surface area contributed by atoms with Gasteiger partial charge in [0.15, 0.2) is 0 Å². The van der Waals surface area contributed by atoms with E-state index in [1.807, 2.05) is 0 Å². The fraction of sp³-hybridized carbons (Fsp3) is 0. The number of hydrogen-bond acceptors (Lipinski definition) is 5. The minimum atomic E-state index is -1.04. The third-order valence-electron chi connectivity index (χ3n) is 1.12. The van der Waals surface area contributed by atoms with Gasteiger partial charge in [0.1, 0.15) is 6.20 Å². The third-order valence-corrected chi connectivity index (χ3v) is 1.19. The molecule has 1 aromatic heterocycles. The number of halogens is 1. The molecule has 0 saturated carbocycles. The van der Waals surface area contributed by atoms with E-state index < -0.39 is 10.4 Å². The van der Waals surface area contributed by atoms with Crippen molar-refractivity contribution >= 4 is 22.7 Å². The van der Waals surface area contributed by atoms with Gasteiger partial charge in [-0.25, -0.2) is 9.78 Å². The fourth-order valence-electron chi connectivity index (χ4n) is 0.623. The quantitative estimate of drug-likeness (QED) is 0.414. The van der Waals surface area contributed by atoms with Crippen LogP contribution in [0.4, 0.5) is 10.5 Å². The van der Waals surface area contributed by atoms with E-state index in [0.717, 1.165) is 12.3 Å². The lowest BCUT2D eigenvalue weighted by Gasteiger charge is -1.96. The average Bonchev–Trinajstić information content (AvgIpc) is 2.04. The number of pyridine rings is 1. The van der Waals surface area contributed by atoms with E-state index in [1.165, 1.54) is 6.07 Å². The van der Waals surface area contributed by atoms with Gasteiger partial charge in [0.2, 0.25) is 5.88 Å². The molecular formula is C6H3ClN2O4. The van der Waals surface area contributed by atoms with Gasteiger partial charge in [-0.05, 0) is 0 Å². The molecule has 0 fully saturated rings. The molecule has 0 atom stereocenters. The highest BCUT2D eigenvalue weighted by Crippen LogP contribution is 2.13. The summed E-state index contributed by atoms with van der Waals surface area (Å²) in [5.74, 6) is -0.0781. The molecule has 1 rings (SSSR count). The first kappa shape index (κ1) is 9.40. The van der Waals surface area contributed by atoms with Gasteiger partial charge in [-0.3, -0.25) is 10.1 Å². The van der Waals surface area contributed by atoms with Crippen molar-refractivity contribution in [2.24, 2.45) is 0 Å². The number of carbonyl (C=O) groups is 1. The molecule has 68 valence electrons. The first-order chi connectivity index (χ1) is 6.09. The van der Waals surface area contributed by atoms with Crippen molar-refractivity contribution < 1.29 is 14.5 Å². The Morgan fingerprint density at radius 3 is 2.69 bits per heavy atom. The normalized spacial score (nSPS) is 9.31. The second-order valence-corrected chi connectivity index (χ2v) is 2.26. The Balaban J connectivity index is 2.81. The van der Waals surface area contributed by atoms with E-state index >= 15 is 0 Å². The van der Waals surface area contributed by atoms with Gasteiger partial charge in [0.25, 0.3) is 5.69 Å². The smallest absolute Gasteiger partial charge is 0.395 e. The number of aromatic nitrogens is 1. The molecule has 0 aliphatic rings. The van der Waals surface area contributed by atoms with E-state index in [1.54, 1.807) is 0 Å². The Morgan fingerprint density at radius 1 is 1.62 bits per heavy atom. The van der Waals surface area contributed by atoms with Crippen LogP contribution in [0.25, 0.3) is 0 Å². The zero-order valence-electron chi connectivity index (χ0n) is 6.14. The second kappa shape index (κ2) is 3.81. The number of hydrogen-bond donors (Lipinski definition) is 0. The number of carbonyl (C=O) groups excluding carboxylic acids is 1. The predicted molar refractivity (Wildman–Crippen MR) is 42.8 cm³/mol. The minimum absolute atomic E-state index is 0.0781. The van der Waals surface area contributed by atoms with E-state index in [4.69, 9.17) is 11.6 Å². The number of rotatable bonds is 2. The van der Waals surface area contributed by atoms with Crippen LogP contribution in [0.1, 0.15) is 0 Å². The lowest BCUT2D eigenvalue weighted by Crippen LogP contribution is -1.98. The molecule has 0 saturated heterocycles. The van der Waals surface area contributed by atoms with Gasteiger partial charge >= 0.3 is 5.43 Å². The van der Waals surface area contributed by atoms with Crippen LogP contribution in [0.3, 0.4) is 0 Å². The average molecular weight is 203 g/mol. The lowest BCUT2D eigenvalue weighted by molar-refractivity contribution is -0.385. The van der Waals surface area contributed by atoms with Crippen LogP contribution in [-0.4, -0.2) is 15.3 Å². The molecule has 1 aromatic rings. The van der Waals surface area contributed by atoms with Gasteiger partial charge in [-0.1, -0.05) is 0 Å². The highest BCUT2D eigenvalue weighted by atomic mass is 35.5. The van der Waals surface area contributed by atoms with Gasteiger partial charge in [-0.15, -0.1) is 0 Å². The standard InChI is InChI=1S/C6H3ClN2O4/c7-6(10)13-5-2-1-4(3-8-5)9(11)12/h1-3H. The van der Waals surface area contributed by atoms with Crippen molar-refractivity contribution in [3.05, 3.63) is 28.4 Å². The summed E-state index contributed by atoms with van der Waals surface area (Å²) < 4.78 is 4.34. The molecule has 0 aliphatic heterocycles. The van der Waals surface area contributed by atoms with Crippen LogP contribution < -0.4 is 4.74 Å². The van der Waals surface area contributed by atoms with Crippen molar-refractivity contribution in [2.75, 3.05) is 0 Å². The van der Waals surface area contributed by atoms with Gasteiger partial charge < -0.3 is 4.74 Å². The molecule has 0 spiro atoms. The number of nitro groups is 1. The molecule has 0 aromatic carbocycles. The molecule has 0 N–H and O–H groups in total. The van der Waals surface area contributed by atoms with Crippen LogP contribution in [-0.2, 0) is 0 Å². The maximum absolute atomic E-state index is 10.2. The van der Waals surface area contributed by atoms with Crippen LogP contribution in [0.15, 0.2) is 18.3 Å². The Bertz CT molecular complexity index is 337. The predicted octanol–water partition coefficient (Wildman–Crippen LogP) is 1.73. The fourth-order valence-corrected chi connectivity index (χ4v) is 0.702. The summed E-state index contributed by atoms with van der Waals surface area (Å²) in [7, 11) is 0. The first-order valence-corrected chi connectivity index (χ1v) is 3.45. The highest BCUT2D eigenvalue weighted by molar-refractivity contribution is 6.61. The summed E-state index contributed by atoms with van der Waals surface area (Å²) in [6.07, 6.45) is 0.967. The Labute approximate surface area is 77.2 Å². The van der Waals surface area contributed by atoms with E-state index in [2.05, 4.69) is 9.72 Å². The van der Waals surface area contributed by atoms with E-state index in [9.17, 15) is 14.9 Å². The van der Waals surface area contributed by atoms with Crippen LogP contribution in [0, 0.1) is 10.1 Å². The highest BCUT2D eigenvalue weighted by Gasteiger charge is 2.07. The van der Waals surface area contributed by atoms with Crippen molar-refractivity contribution in [1.82, 2.24) is 4.98 Å². The maximum atomic E-state index is 10.2. The molecule has 6 nitrogen and oxygen atoms in total. The summed E-state index contributed by atoms with van der Waals surface area (Å²) in [6, 6.07) is 2.33. The SMILES string of the molecule is O=C(Cl)Oc1ccc([N+](=O)[O-])cn1. The topological polar surface area (TPSA) is 82.3 Å². The number of nitrogens with zero attached hydrogens (tertiary/aromatic N) is 2. The lowest BCUT2D eigenvalue weighted by atomic mass is 10.4. The van der Waals surface area contributed by atoms with E-state index in [0.29, 0.717) is 0 Å². The maximum Gasteiger partial charge on any atom is 0.410 e. The second-order valence-electron chi connectivity index (χ2n) is 1.95. The van der Waals surface area contributed by atoms with Gasteiger partial charge in [-0.2, -0.15) is 0 Å². The number of ether oxygens (including phenoxy) is 1. The van der Waals surface area contributed by atoms with Gasteiger partial charge in [0.05, 0.1) is 4.92 Å². The third kappa shape index (κ3) is 2.68. The summed E-state index contributed by atoms with van der Waals surface area (Å²) in [6.45, 7) is 0. The Morgan fingerprint density at radius 2 is 2.31 bits per heavy atom. The van der Waals surface area contributed by atoms with Crippen molar-refractivity contribution in [1.29, 1.82) is 0 Å². The summed E-state index contributed by atoms with van der Waals surface area (Å²) in [4.78, 5) is 23.2. The molecular weight excluding hydrogens is 200 g/mol. The van der Waals surface area contributed by atoms with Crippen molar-refractivity contribution in [3.8, 4) is 5.88 Å². The largest absolute Gasteiger partial charge is 0.410 e. The molecule has 0 bridgehead atoms. The molecule has 0 unspecified atom stereocenters. The van der Waals surface area contributed by atoms with E-state index in [-0.39, 0.29) is 11.6 Å². The Hall–Kier alpha value is -1.69. The summed E-state index contributed by atoms with van der Waals surface area (Å²) in [5, 5.41) is 10.2. The van der Waals surface area contributed by atoms with Crippen LogP contribution in [0.5, 0.6) is 5.88 Å². The van der Waals surface area contributed by atoms with Gasteiger partial charge in [0, 0.05) is 23.7 Å². The molecule has 0 amide bonds. The molecule has 0 aliphatic carbocycles. The summed E-state index contributed by atoms with van der Waals surface area (Å²) in [5.41, 5.74) is -1.23.